The molecule has 2 heterocycles. The van der Waals surface area contributed by atoms with E-state index in [1.165, 1.54) is 29.8 Å². The molecular weight excluding hydrogens is 422 g/mol. The molecule has 4 rings (SSSR count). The number of hydrogen-bond donors (Lipinski definition) is 1. The van der Waals surface area contributed by atoms with Gasteiger partial charge in [-0.25, -0.2) is 4.98 Å². The Labute approximate surface area is 190 Å². The molecule has 0 aliphatic heterocycles. The Hall–Kier alpha value is -4.27. The van der Waals surface area contributed by atoms with Crippen LogP contribution in [0.15, 0.2) is 48.5 Å². The molecule has 1 N–H and O–H groups in total. The van der Waals surface area contributed by atoms with Crippen LogP contribution in [0.4, 0.5) is 11.5 Å². The number of nitrogens with zero attached hydrogens (tertiary/aromatic N) is 4. The van der Waals surface area contributed by atoms with E-state index >= 15 is 0 Å². The van der Waals surface area contributed by atoms with Crippen LogP contribution >= 0.6 is 0 Å². The lowest BCUT2D eigenvalue weighted by molar-refractivity contribution is -0.384. The average Bonchev–Trinajstić information content (AvgIpc) is 3.13. The van der Waals surface area contributed by atoms with E-state index in [-0.39, 0.29) is 18.2 Å². The zero-order valence-electron chi connectivity index (χ0n) is 18.7. The van der Waals surface area contributed by atoms with Crippen LogP contribution in [0.25, 0.3) is 16.7 Å². The fraction of sp³-hybridized carbons (Fsp3) is 0.208. The number of carbonyl (C=O) groups excluding carboxylic acids is 1. The molecule has 0 bridgehead atoms. The van der Waals surface area contributed by atoms with Crippen molar-refractivity contribution in [2.75, 3.05) is 11.9 Å². The summed E-state index contributed by atoms with van der Waals surface area (Å²) in [6.07, 6.45) is 0. The summed E-state index contributed by atoms with van der Waals surface area (Å²) < 4.78 is 7.05. The quantitative estimate of drug-likeness (QED) is 0.343. The first-order valence-corrected chi connectivity index (χ1v) is 10.3. The third-order valence-electron chi connectivity index (χ3n) is 5.18. The van der Waals surface area contributed by atoms with E-state index in [1.54, 1.807) is 10.7 Å². The first-order valence-electron chi connectivity index (χ1n) is 10.3. The molecule has 168 valence electrons. The van der Waals surface area contributed by atoms with Crippen LogP contribution in [0.3, 0.4) is 0 Å². The van der Waals surface area contributed by atoms with Gasteiger partial charge in [-0.1, -0.05) is 11.6 Å². The molecular formula is C24H23N5O4. The Bertz CT molecular complexity index is 1380. The van der Waals surface area contributed by atoms with Gasteiger partial charge < -0.3 is 10.1 Å². The lowest BCUT2D eigenvalue weighted by Crippen LogP contribution is -2.22. The van der Waals surface area contributed by atoms with E-state index in [9.17, 15) is 14.9 Å². The first kappa shape index (κ1) is 21.9. The second-order valence-electron chi connectivity index (χ2n) is 7.95. The number of amides is 1. The predicted octanol–water partition coefficient (Wildman–Crippen LogP) is 4.58. The van der Waals surface area contributed by atoms with Crippen molar-refractivity contribution in [2.45, 2.75) is 27.7 Å². The number of nitro groups is 1. The van der Waals surface area contributed by atoms with Gasteiger partial charge >= 0.3 is 0 Å². The minimum absolute atomic E-state index is 0.0465. The molecule has 33 heavy (non-hydrogen) atoms. The molecule has 9 heteroatoms. The van der Waals surface area contributed by atoms with Crippen LogP contribution in [0.1, 0.15) is 22.4 Å². The van der Waals surface area contributed by atoms with Gasteiger partial charge in [-0.3, -0.25) is 14.9 Å². The number of anilines is 1. The van der Waals surface area contributed by atoms with Gasteiger partial charge in [-0.05, 0) is 63.1 Å². The van der Waals surface area contributed by atoms with Gasteiger partial charge in [0.15, 0.2) is 12.4 Å². The summed E-state index contributed by atoms with van der Waals surface area (Å²) in [4.78, 5) is 27.6. The minimum Gasteiger partial charge on any atom is -0.484 e. The molecule has 0 saturated carbocycles. The van der Waals surface area contributed by atoms with Crippen molar-refractivity contribution in [1.29, 1.82) is 0 Å². The number of benzene rings is 2. The number of rotatable bonds is 6. The second-order valence-corrected chi connectivity index (χ2v) is 7.95. The maximum absolute atomic E-state index is 12.5. The molecule has 0 unspecified atom stereocenters. The number of aryl methyl sites for hydroxylation is 4. The van der Waals surface area contributed by atoms with Crippen LogP contribution in [0, 0.1) is 37.8 Å². The summed E-state index contributed by atoms with van der Waals surface area (Å²) in [7, 11) is 0. The molecule has 0 saturated heterocycles. The van der Waals surface area contributed by atoms with Crippen molar-refractivity contribution in [2.24, 2.45) is 0 Å². The Morgan fingerprint density at radius 1 is 1.06 bits per heavy atom. The van der Waals surface area contributed by atoms with E-state index in [2.05, 4.69) is 29.5 Å². The maximum Gasteiger partial charge on any atom is 0.269 e. The number of ether oxygens (including phenoxy) is 1. The summed E-state index contributed by atoms with van der Waals surface area (Å²) in [5, 5.41) is 19.1. The highest BCUT2D eigenvalue weighted by molar-refractivity contribution is 5.91. The van der Waals surface area contributed by atoms with Crippen molar-refractivity contribution < 1.29 is 14.5 Å². The fourth-order valence-electron chi connectivity index (χ4n) is 3.69. The summed E-state index contributed by atoms with van der Waals surface area (Å²) >= 11 is 0. The number of pyridine rings is 1. The summed E-state index contributed by atoms with van der Waals surface area (Å²) in [6.45, 7) is 7.69. The van der Waals surface area contributed by atoms with Crippen LogP contribution in [0.5, 0.6) is 5.75 Å². The standard InChI is InChI=1S/C24H23N5O4/c1-14-9-16(3)24-20(10-14)15(2)11-21(26-24)28-22(12-17(4)27-28)25-23(30)13-33-19-7-5-18(6-8-19)29(31)32/h5-12H,13H2,1-4H3,(H,25,30). The Balaban J connectivity index is 1.55. The smallest absolute Gasteiger partial charge is 0.269 e. The zero-order chi connectivity index (χ0) is 23.7. The number of aromatic nitrogens is 3. The van der Waals surface area contributed by atoms with Crippen molar-refractivity contribution in [1.82, 2.24) is 14.8 Å². The molecule has 0 aliphatic carbocycles. The molecule has 2 aromatic heterocycles. The van der Waals surface area contributed by atoms with E-state index in [1.807, 2.05) is 26.8 Å². The number of carbonyl (C=O) groups is 1. The molecule has 0 radical (unpaired) electrons. The molecule has 0 fully saturated rings. The molecule has 2 aromatic carbocycles. The van der Waals surface area contributed by atoms with Gasteiger partial charge in [0.1, 0.15) is 11.6 Å². The van der Waals surface area contributed by atoms with Gasteiger partial charge in [-0.2, -0.15) is 9.78 Å². The van der Waals surface area contributed by atoms with Crippen LogP contribution < -0.4 is 10.1 Å². The number of fused-ring (bicyclic) bond motifs is 1. The number of hydrogen-bond acceptors (Lipinski definition) is 6. The van der Waals surface area contributed by atoms with E-state index < -0.39 is 4.92 Å². The minimum atomic E-state index is -0.495. The van der Waals surface area contributed by atoms with E-state index in [0.717, 1.165) is 27.7 Å². The Kier molecular flexibility index (Phi) is 5.78. The molecule has 0 aliphatic rings. The van der Waals surface area contributed by atoms with Crippen LogP contribution in [-0.4, -0.2) is 32.2 Å². The lowest BCUT2D eigenvalue weighted by Gasteiger charge is -2.12. The molecule has 0 spiro atoms. The van der Waals surface area contributed by atoms with Crippen LogP contribution in [0.2, 0.25) is 0 Å². The lowest BCUT2D eigenvalue weighted by atomic mass is 10.0. The summed E-state index contributed by atoms with van der Waals surface area (Å²) in [6, 6.07) is 13.4. The first-order chi connectivity index (χ1) is 15.7. The van der Waals surface area contributed by atoms with Gasteiger partial charge in [0.05, 0.1) is 16.1 Å². The largest absolute Gasteiger partial charge is 0.484 e. The third kappa shape index (κ3) is 4.67. The third-order valence-corrected chi connectivity index (χ3v) is 5.18. The molecule has 1 amide bonds. The fourth-order valence-corrected chi connectivity index (χ4v) is 3.69. The Morgan fingerprint density at radius 3 is 2.48 bits per heavy atom. The highest BCUT2D eigenvalue weighted by Crippen LogP contribution is 2.26. The highest BCUT2D eigenvalue weighted by atomic mass is 16.6. The van der Waals surface area contributed by atoms with Gasteiger partial charge in [0.2, 0.25) is 0 Å². The monoisotopic (exact) mass is 445 g/mol. The SMILES string of the molecule is Cc1cc(C)c2nc(-n3nc(C)cc3NC(=O)COc3ccc([N+](=O)[O-])cc3)cc(C)c2c1. The van der Waals surface area contributed by atoms with Crippen molar-refractivity contribution in [3.05, 3.63) is 81.0 Å². The van der Waals surface area contributed by atoms with Gasteiger partial charge in [-0.15, -0.1) is 0 Å². The van der Waals surface area contributed by atoms with Crippen molar-refractivity contribution >= 4 is 28.3 Å². The van der Waals surface area contributed by atoms with E-state index in [4.69, 9.17) is 9.72 Å². The van der Waals surface area contributed by atoms with Crippen molar-refractivity contribution in [3.8, 4) is 11.6 Å². The maximum atomic E-state index is 12.5. The average molecular weight is 445 g/mol. The topological polar surface area (TPSA) is 112 Å². The second kappa shape index (κ2) is 8.70. The molecule has 4 aromatic rings. The highest BCUT2D eigenvalue weighted by Gasteiger charge is 2.15. The van der Waals surface area contributed by atoms with E-state index in [0.29, 0.717) is 17.4 Å². The number of non-ortho nitro benzene ring substituents is 1. The summed E-state index contributed by atoms with van der Waals surface area (Å²) in [5.74, 6) is 1.05. The van der Waals surface area contributed by atoms with Gasteiger partial charge in [0.25, 0.3) is 11.6 Å². The number of nitro benzene ring substituents is 1. The number of nitrogens with one attached hydrogen (secondary N) is 1. The zero-order valence-corrected chi connectivity index (χ0v) is 18.7. The Morgan fingerprint density at radius 2 is 1.79 bits per heavy atom. The molecule has 9 nitrogen and oxygen atoms in total. The normalized spacial score (nSPS) is 10.9. The predicted molar refractivity (Wildman–Crippen MR) is 125 cm³/mol. The van der Waals surface area contributed by atoms with Gasteiger partial charge in [0, 0.05) is 23.6 Å². The van der Waals surface area contributed by atoms with Crippen molar-refractivity contribution in [3.63, 3.8) is 0 Å². The van der Waals surface area contributed by atoms with Crippen LogP contribution in [-0.2, 0) is 4.79 Å². The molecule has 0 atom stereocenters. The summed E-state index contributed by atoms with van der Waals surface area (Å²) in [5.41, 5.74) is 4.88.